The second-order valence-electron chi connectivity index (χ2n) is 4.93. The monoisotopic (exact) mass is 324 g/mol. The molecular weight excluding hydrogens is 308 g/mol. The van der Waals surface area contributed by atoms with Gasteiger partial charge in [0.25, 0.3) is 0 Å². The fourth-order valence-corrected chi connectivity index (χ4v) is 2.20. The van der Waals surface area contributed by atoms with Crippen LogP contribution in [0.3, 0.4) is 0 Å². The Bertz CT molecular complexity index is 638. The van der Waals surface area contributed by atoms with Crippen molar-refractivity contribution in [3.05, 3.63) is 23.8 Å². The van der Waals surface area contributed by atoms with Gasteiger partial charge in [-0.25, -0.2) is 4.79 Å². The number of aliphatic hydroxyl groups excluding tert-OH is 2. The molecule has 8 nitrogen and oxygen atoms in total. The SMILES string of the molecule is COc1ccc(CC(=O)[C@H](O)[C@H]2OC(=O)C(O)C2=O)c(OC)c1. The number of aliphatic hydroxyl groups is 2. The number of cyclic esters (lactones) is 1. The summed E-state index contributed by atoms with van der Waals surface area (Å²) in [5.74, 6) is -2.04. The zero-order chi connectivity index (χ0) is 17.1. The van der Waals surface area contributed by atoms with Crippen LogP contribution < -0.4 is 9.47 Å². The summed E-state index contributed by atoms with van der Waals surface area (Å²) in [5, 5.41) is 19.1. The van der Waals surface area contributed by atoms with E-state index in [0.717, 1.165) is 0 Å². The molecule has 1 heterocycles. The number of esters is 1. The maximum atomic E-state index is 12.1. The lowest BCUT2D eigenvalue weighted by molar-refractivity contribution is -0.153. The van der Waals surface area contributed by atoms with Crippen LogP contribution in [-0.4, -0.2) is 60.3 Å². The van der Waals surface area contributed by atoms with Crippen molar-refractivity contribution in [2.24, 2.45) is 0 Å². The van der Waals surface area contributed by atoms with Crippen molar-refractivity contribution in [3.63, 3.8) is 0 Å². The van der Waals surface area contributed by atoms with Gasteiger partial charge in [-0.15, -0.1) is 0 Å². The van der Waals surface area contributed by atoms with E-state index in [4.69, 9.17) is 9.47 Å². The first-order valence-corrected chi connectivity index (χ1v) is 6.73. The molecule has 0 aromatic heterocycles. The van der Waals surface area contributed by atoms with Crippen molar-refractivity contribution < 1.29 is 38.8 Å². The van der Waals surface area contributed by atoms with Crippen molar-refractivity contribution in [3.8, 4) is 11.5 Å². The van der Waals surface area contributed by atoms with Crippen LogP contribution in [0.15, 0.2) is 18.2 Å². The molecule has 0 amide bonds. The van der Waals surface area contributed by atoms with E-state index in [1.807, 2.05) is 0 Å². The van der Waals surface area contributed by atoms with Crippen LogP contribution in [0.1, 0.15) is 5.56 Å². The third kappa shape index (κ3) is 3.33. The number of hydrogen-bond acceptors (Lipinski definition) is 8. The molecule has 0 spiro atoms. The van der Waals surface area contributed by atoms with E-state index in [-0.39, 0.29) is 6.42 Å². The second kappa shape index (κ2) is 6.76. The zero-order valence-corrected chi connectivity index (χ0v) is 12.5. The van der Waals surface area contributed by atoms with Gasteiger partial charge >= 0.3 is 5.97 Å². The number of ether oxygens (including phenoxy) is 3. The highest BCUT2D eigenvalue weighted by atomic mass is 16.6. The standard InChI is InChI=1S/C15H16O8/c1-21-8-4-3-7(10(6-8)22-2)5-9(16)11(17)14-12(18)13(19)15(20)23-14/h3-4,6,11,13-14,17,19H,5H2,1-2H3/t11-,13?,14+/m0/s1. The van der Waals surface area contributed by atoms with Gasteiger partial charge in [0.1, 0.15) is 11.5 Å². The van der Waals surface area contributed by atoms with Gasteiger partial charge in [-0.05, 0) is 6.07 Å². The molecule has 23 heavy (non-hydrogen) atoms. The van der Waals surface area contributed by atoms with Crippen molar-refractivity contribution in [2.75, 3.05) is 14.2 Å². The van der Waals surface area contributed by atoms with E-state index in [9.17, 15) is 24.6 Å². The predicted molar refractivity (Wildman–Crippen MR) is 75.2 cm³/mol. The zero-order valence-electron chi connectivity index (χ0n) is 12.5. The molecule has 0 saturated carbocycles. The molecule has 0 radical (unpaired) electrons. The smallest absolute Gasteiger partial charge is 0.343 e. The summed E-state index contributed by atoms with van der Waals surface area (Å²) >= 11 is 0. The largest absolute Gasteiger partial charge is 0.497 e. The fraction of sp³-hybridized carbons (Fsp3) is 0.400. The van der Waals surface area contributed by atoms with Crippen molar-refractivity contribution >= 4 is 17.5 Å². The van der Waals surface area contributed by atoms with Crippen molar-refractivity contribution in [2.45, 2.75) is 24.7 Å². The first-order chi connectivity index (χ1) is 10.9. The highest BCUT2D eigenvalue weighted by molar-refractivity contribution is 6.11. The molecule has 2 rings (SSSR count). The van der Waals surface area contributed by atoms with Gasteiger partial charge in [0.05, 0.1) is 14.2 Å². The van der Waals surface area contributed by atoms with Crippen LogP contribution >= 0.6 is 0 Å². The normalized spacial score (nSPS) is 21.7. The third-order valence-corrected chi connectivity index (χ3v) is 3.49. The topological polar surface area (TPSA) is 119 Å². The number of Topliss-reactive ketones (excluding diaryl/α,β-unsaturated/α-hetero) is 2. The van der Waals surface area contributed by atoms with E-state index < -0.39 is 35.8 Å². The molecule has 1 unspecified atom stereocenters. The number of rotatable bonds is 6. The lowest BCUT2D eigenvalue weighted by Crippen LogP contribution is -2.40. The number of carbonyl (C=O) groups excluding carboxylic acids is 3. The first-order valence-electron chi connectivity index (χ1n) is 6.73. The fourth-order valence-electron chi connectivity index (χ4n) is 2.20. The molecule has 0 aliphatic carbocycles. The summed E-state index contributed by atoms with van der Waals surface area (Å²) in [7, 11) is 2.90. The number of carbonyl (C=O) groups is 3. The maximum Gasteiger partial charge on any atom is 0.343 e. The lowest BCUT2D eigenvalue weighted by atomic mass is 9.98. The highest BCUT2D eigenvalue weighted by Gasteiger charge is 2.47. The Kier molecular flexibility index (Phi) is 4.97. The minimum Gasteiger partial charge on any atom is -0.497 e. The molecule has 0 bridgehead atoms. The molecule has 2 N–H and O–H groups in total. The van der Waals surface area contributed by atoms with Gasteiger partial charge in [-0.1, -0.05) is 6.07 Å². The Morgan fingerprint density at radius 3 is 2.52 bits per heavy atom. The summed E-state index contributed by atoms with van der Waals surface area (Å²) < 4.78 is 14.7. The van der Waals surface area contributed by atoms with Gasteiger partial charge in [0.15, 0.2) is 18.0 Å². The predicted octanol–water partition coefficient (Wildman–Crippen LogP) is -0.968. The summed E-state index contributed by atoms with van der Waals surface area (Å²) in [6, 6.07) is 4.77. The van der Waals surface area contributed by atoms with E-state index in [0.29, 0.717) is 17.1 Å². The molecular formula is C15H16O8. The maximum absolute atomic E-state index is 12.1. The summed E-state index contributed by atoms with van der Waals surface area (Å²) in [4.78, 5) is 34.8. The molecule has 1 fully saturated rings. The van der Waals surface area contributed by atoms with Crippen LogP contribution in [0.25, 0.3) is 0 Å². The number of ketones is 2. The van der Waals surface area contributed by atoms with E-state index in [1.54, 1.807) is 18.2 Å². The molecule has 1 aliphatic heterocycles. The van der Waals surface area contributed by atoms with Gasteiger partial charge < -0.3 is 24.4 Å². The average Bonchev–Trinajstić information content (AvgIpc) is 2.81. The molecule has 124 valence electrons. The van der Waals surface area contributed by atoms with Crippen LogP contribution in [0, 0.1) is 0 Å². The number of methoxy groups -OCH3 is 2. The molecule has 8 heteroatoms. The minimum absolute atomic E-state index is 0.244. The number of benzene rings is 1. The van der Waals surface area contributed by atoms with E-state index >= 15 is 0 Å². The molecule has 1 aromatic rings. The molecule has 1 aromatic carbocycles. The quantitative estimate of drug-likeness (QED) is 0.507. The van der Waals surface area contributed by atoms with Crippen LogP contribution in [-0.2, 0) is 25.5 Å². The van der Waals surface area contributed by atoms with Gasteiger partial charge in [0, 0.05) is 18.1 Å². The van der Waals surface area contributed by atoms with Gasteiger partial charge in [-0.2, -0.15) is 0 Å². The Labute approximate surface area is 131 Å². The Balaban J connectivity index is 2.13. The van der Waals surface area contributed by atoms with Crippen LogP contribution in [0.4, 0.5) is 0 Å². The average molecular weight is 324 g/mol. The molecule has 1 aliphatic rings. The van der Waals surface area contributed by atoms with Crippen molar-refractivity contribution in [1.82, 2.24) is 0 Å². The third-order valence-electron chi connectivity index (χ3n) is 3.49. The minimum atomic E-state index is -1.96. The Morgan fingerprint density at radius 1 is 1.30 bits per heavy atom. The Hall–Kier alpha value is -2.45. The summed E-state index contributed by atoms with van der Waals surface area (Å²) in [6.07, 6.45) is -5.74. The first kappa shape index (κ1) is 16.9. The van der Waals surface area contributed by atoms with Crippen LogP contribution in [0.5, 0.6) is 11.5 Å². The summed E-state index contributed by atoms with van der Waals surface area (Å²) in [6.45, 7) is 0. The number of hydrogen-bond donors (Lipinski definition) is 2. The van der Waals surface area contributed by atoms with Crippen LogP contribution in [0.2, 0.25) is 0 Å². The molecule has 3 atom stereocenters. The molecule has 1 saturated heterocycles. The van der Waals surface area contributed by atoms with Gasteiger partial charge in [-0.3, -0.25) is 9.59 Å². The Morgan fingerprint density at radius 2 is 2.00 bits per heavy atom. The summed E-state index contributed by atoms with van der Waals surface area (Å²) in [5.41, 5.74) is 0.467. The van der Waals surface area contributed by atoms with E-state index in [1.165, 1.54) is 14.2 Å². The lowest BCUT2D eigenvalue weighted by Gasteiger charge is -2.16. The second-order valence-corrected chi connectivity index (χ2v) is 4.93. The van der Waals surface area contributed by atoms with Crippen molar-refractivity contribution in [1.29, 1.82) is 0 Å². The highest BCUT2D eigenvalue weighted by Crippen LogP contribution is 2.26. The van der Waals surface area contributed by atoms with E-state index in [2.05, 4.69) is 4.74 Å². The van der Waals surface area contributed by atoms with Gasteiger partial charge in [0.2, 0.25) is 11.9 Å².